The molecule has 4 nitrogen and oxygen atoms in total. The molecule has 0 aromatic carbocycles. The van der Waals surface area contributed by atoms with Crippen molar-refractivity contribution in [1.29, 1.82) is 0 Å². The maximum Gasteiger partial charge on any atom is 0.263 e. The fourth-order valence-electron chi connectivity index (χ4n) is 2.22. The van der Waals surface area contributed by atoms with Gasteiger partial charge in [0.25, 0.3) is 5.91 Å². The molecule has 2 atom stereocenters. The summed E-state index contributed by atoms with van der Waals surface area (Å²) in [5, 5.41) is 3.96. The molecule has 17 heavy (non-hydrogen) atoms. The van der Waals surface area contributed by atoms with Gasteiger partial charge in [0.1, 0.15) is 4.88 Å². The van der Waals surface area contributed by atoms with Gasteiger partial charge in [-0.05, 0) is 19.8 Å². The summed E-state index contributed by atoms with van der Waals surface area (Å²) in [5.74, 6) is -0.0297. The number of thiazole rings is 1. The van der Waals surface area contributed by atoms with Crippen molar-refractivity contribution in [2.75, 3.05) is 0 Å². The number of nitrogens with two attached hydrogens (primary N) is 1. The molecular weight excluding hydrogens is 234 g/mol. The Kier molecular flexibility index (Phi) is 4.12. The molecule has 1 amide bonds. The lowest BCUT2D eigenvalue weighted by molar-refractivity contribution is 0.0933. The van der Waals surface area contributed by atoms with Gasteiger partial charge < -0.3 is 11.1 Å². The number of nitrogens with zero attached hydrogens (tertiary/aromatic N) is 1. The van der Waals surface area contributed by atoms with E-state index in [-0.39, 0.29) is 18.0 Å². The molecule has 3 N–H and O–H groups in total. The summed E-state index contributed by atoms with van der Waals surface area (Å²) in [4.78, 5) is 16.8. The number of nitrogens with one attached hydrogen (secondary N) is 1. The zero-order valence-corrected chi connectivity index (χ0v) is 10.9. The molecule has 1 heterocycles. The van der Waals surface area contributed by atoms with Gasteiger partial charge in [0.05, 0.1) is 11.2 Å². The van der Waals surface area contributed by atoms with Crippen LogP contribution in [-0.4, -0.2) is 23.0 Å². The van der Waals surface area contributed by atoms with Gasteiger partial charge in [-0.15, -0.1) is 11.3 Å². The summed E-state index contributed by atoms with van der Waals surface area (Å²) in [6.45, 7) is 1.90. The van der Waals surface area contributed by atoms with Crippen molar-refractivity contribution in [1.82, 2.24) is 10.3 Å². The van der Waals surface area contributed by atoms with E-state index in [0.29, 0.717) is 4.88 Å². The molecule has 1 saturated carbocycles. The normalized spacial score (nSPS) is 25.3. The van der Waals surface area contributed by atoms with E-state index in [1.165, 1.54) is 24.2 Å². The predicted octanol–water partition coefficient (Wildman–Crippen LogP) is 1.84. The van der Waals surface area contributed by atoms with Crippen molar-refractivity contribution in [3.63, 3.8) is 0 Å². The molecule has 1 aliphatic carbocycles. The average molecular weight is 253 g/mol. The molecule has 1 fully saturated rings. The highest BCUT2D eigenvalue weighted by molar-refractivity contribution is 7.13. The second-order valence-corrected chi connectivity index (χ2v) is 5.86. The zero-order valence-electron chi connectivity index (χ0n) is 10.1. The van der Waals surface area contributed by atoms with E-state index < -0.39 is 0 Å². The minimum atomic E-state index is -0.0297. The van der Waals surface area contributed by atoms with Crippen LogP contribution in [0.15, 0.2) is 6.20 Å². The topological polar surface area (TPSA) is 68.0 Å². The summed E-state index contributed by atoms with van der Waals surface area (Å²) in [6, 6.07) is 0.211. The molecule has 1 aliphatic rings. The zero-order chi connectivity index (χ0) is 12.3. The van der Waals surface area contributed by atoms with Gasteiger partial charge >= 0.3 is 0 Å². The molecule has 1 aromatic rings. The average Bonchev–Trinajstić information content (AvgIpc) is 2.63. The fraction of sp³-hybridized carbons (Fsp3) is 0.667. The van der Waals surface area contributed by atoms with E-state index in [2.05, 4.69) is 10.3 Å². The van der Waals surface area contributed by atoms with Crippen molar-refractivity contribution < 1.29 is 4.79 Å². The van der Waals surface area contributed by atoms with Crippen molar-refractivity contribution >= 4 is 17.2 Å². The summed E-state index contributed by atoms with van der Waals surface area (Å²) in [5.41, 5.74) is 6.08. The van der Waals surface area contributed by atoms with Crippen LogP contribution in [0.1, 0.15) is 46.8 Å². The third kappa shape index (κ3) is 3.26. The third-order valence-electron chi connectivity index (χ3n) is 3.23. The Bertz CT molecular complexity index is 391. The number of aromatic nitrogens is 1. The quantitative estimate of drug-likeness (QED) is 0.790. The van der Waals surface area contributed by atoms with Crippen LogP contribution < -0.4 is 11.1 Å². The Morgan fingerprint density at radius 1 is 1.47 bits per heavy atom. The van der Waals surface area contributed by atoms with Crippen LogP contribution in [0.5, 0.6) is 0 Å². The molecule has 2 unspecified atom stereocenters. The Morgan fingerprint density at radius 2 is 2.24 bits per heavy atom. The number of carbonyl (C=O) groups is 1. The van der Waals surface area contributed by atoms with Crippen LogP contribution >= 0.6 is 11.3 Å². The highest BCUT2D eigenvalue weighted by Crippen LogP contribution is 2.18. The molecule has 0 saturated heterocycles. The fourth-order valence-corrected chi connectivity index (χ4v) is 2.90. The van der Waals surface area contributed by atoms with Gasteiger partial charge in [-0.1, -0.05) is 19.3 Å². The van der Waals surface area contributed by atoms with Gasteiger partial charge in [0.15, 0.2) is 0 Å². The van der Waals surface area contributed by atoms with Gasteiger partial charge in [0, 0.05) is 12.1 Å². The lowest BCUT2D eigenvalue weighted by Gasteiger charge is -2.22. The van der Waals surface area contributed by atoms with E-state index >= 15 is 0 Å². The first-order valence-corrected chi connectivity index (χ1v) is 6.97. The largest absolute Gasteiger partial charge is 0.347 e. The molecule has 5 heteroatoms. The maximum atomic E-state index is 12.0. The van der Waals surface area contributed by atoms with E-state index in [4.69, 9.17) is 5.73 Å². The maximum absolute atomic E-state index is 12.0. The Morgan fingerprint density at radius 3 is 2.94 bits per heavy atom. The van der Waals surface area contributed by atoms with Crippen LogP contribution in [0.25, 0.3) is 0 Å². The lowest BCUT2D eigenvalue weighted by atomic mass is 10.0. The highest BCUT2D eigenvalue weighted by atomic mass is 32.1. The minimum absolute atomic E-state index is 0.0297. The minimum Gasteiger partial charge on any atom is -0.347 e. The second kappa shape index (κ2) is 5.60. The molecule has 0 bridgehead atoms. The van der Waals surface area contributed by atoms with Crippen LogP contribution in [0, 0.1) is 6.92 Å². The van der Waals surface area contributed by atoms with Crippen molar-refractivity contribution in [3.05, 3.63) is 16.1 Å². The number of aryl methyl sites for hydroxylation is 1. The van der Waals surface area contributed by atoms with Gasteiger partial charge in [-0.2, -0.15) is 0 Å². The van der Waals surface area contributed by atoms with E-state index in [1.807, 2.05) is 6.92 Å². The number of carbonyl (C=O) groups excluding carboxylic acids is 1. The number of rotatable bonds is 2. The standard InChI is InChI=1S/C12H19N3OS/c1-8-14-7-11(17-8)12(16)15-10-6-4-2-3-5-9(10)13/h7,9-10H,2-6,13H2,1H3,(H,15,16). The van der Waals surface area contributed by atoms with E-state index in [1.54, 1.807) is 6.20 Å². The monoisotopic (exact) mass is 253 g/mol. The van der Waals surface area contributed by atoms with Gasteiger partial charge in [-0.3, -0.25) is 4.79 Å². The second-order valence-electron chi connectivity index (χ2n) is 4.63. The summed E-state index contributed by atoms with van der Waals surface area (Å²) >= 11 is 1.43. The first-order chi connectivity index (χ1) is 8.16. The molecule has 0 spiro atoms. The van der Waals surface area contributed by atoms with E-state index in [0.717, 1.165) is 24.3 Å². The van der Waals surface area contributed by atoms with Crippen LogP contribution in [0.4, 0.5) is 0 Å². The van der Waals surface area contributed by atoms with Crippen LogP contribution in [-0.2, 0) is 0 Å². The first kappa shape index (κ1) is 12.5. The molecule has 1 aromatic heterocycles. The van der Waals surface area contributed by atoms with Gasteiger partial charge in [0.2, 0.25) is 0 Å². The summed E-state index contributed by atoms with van der Waals surface area (Å²) in [6.07, 6.45) is 7.18. The Labute approximate surface area is 106 Å². The first-order valence-electron chi connectivity index (χ1n) is 6.15. The molecule has 0 radical (unpaired) electrons. The van der Waals surface area contributed by atoms with Gasteiger partial charge in [-0.25, -0.2) is 4.98 Å². The third-order valence-corrected chi connectivity index (χ3v) is 4.14. The molecule has 0 aliphatic heterocycles. The summed E-state index contributed by atoms with van der Waals surface area (Å²) in [7, 11) is 0. The number of hydrogen-bond donors (Lipinski definition) is 2. The number of amides is 1. The Hall–Kier alpha value is -0.940. The smallest absolute Gasteiger partial charge is 0.263 e. The van der Waals surface area contributed by atoms with E-state index in [9.17, 15) is 4.79 Å². The molecule has 94 valence electrons. The van der Waals surface area contributed by atoms with Crippen LogP contribution in [0.3, 0.4) is 0 Å². The van der Waals surface area contributed by atoms with Crippen molar-refractivity contribution in [2.24, 2.45) is 5.73 Å². The predicted molar refractivity (Wildman–Crippen MR) is 69.2 cm³/mol. The lowest BCUT2D eigenvalue weighted by Crippen LogP contribution is -2.46. The highest BCUT2D eigenvalue weighted by Gasteiger charge is 2.23. The molecular formula is C12H19N3OS. The number of hydrogen-bond acceptors (Lipinski definition) is 4. The molecule has 2 rings (SSSR count). The Balaban J connectivity index is 1.97. The SMILES string of the molecule is Cc1ncc(C(=O)NC2CCCCCC2N)s1. The summed E-state index contributed by atoms with van der Waals surface area (Å²) < 4.78 is 0. The van der Waals surface area contributed by atoms with Crippen LogP contribution in [0.2, 0.25) is 0 Å². The van der Waals surface area contributed by atoms with Crippen molar-refractivity contribution in [2.45, 2.75) is 51.1 Å². The van der Waals surface area contributed by atoms with Crippen molar-refractivity contribution in [3.8, 4) is 0 Å².